The van der Waals surface area contributed by atoms with Gasteiger partial charge in [0.05, 0.1) is 20.2 Å². The van der Waals surface area contributed by atoms with E-state index in [1.165, 1.54) is 58.7 Å². The lowest BCUT2D eigenvalue weighted by Crippen LogP contribution is -3.13. The normalized spacial score (nSPS) is 17.6. The lowest BCUT2D eigenvalue weighted by Gasteiger charge is -2.25. The molecule has 1 aliphatic heterocycles. The third kappa shape index (κ3) is 9.86. The molecule has 1 rings (SSSR count). The Kier molecular flexibility index (Phi) is 10.5. The molecule has 1 heterocycles. The summed E-state index contributed by atoms with van der Waals surface area (Å²) in [6.45, 7) is 3.44. The number of hydrogen-bond donors (Lipinski definition) is 2. The zero-order valence-corrected chi connectivity index (χ0v) is 13.7. The number of unbranched alkanes of at least 4 members (excludes halogenated alkanes) is 5. The Morgan fingerprint density at radius 1 is 1.05 bits per heavy atom. The van der Waals surface area contributed by atoms with E-state index < -0.39 is 0 Å². The maximum absolute atomic E-state index is 10.9. The molecule has 1 saturated heterocycles. The van der Waals surface area contributed by atoms with Crippen LogP contribution in [0.3, 0.4) is 0 Å². The number of ether oxygens (including phenoxy) is 1. The summed E-state index contributed by atoms with van der Waals surface area (Å²) in [6.07, 6.45) is 12.2. The highest BCUT2D eigenvalue weighted by Gasteiger charge is 2.17. The molecule has 0 aromatic carbocycles. The highest BCUT2D eigenvalue weighted by atomic mass is 16.5. The fraction of sp³-hybridized carbons (Fsp3) is 0.941. The summed E-state index contributed by atoms with van der Waals surface area (Å²) >= 11 is 0. The maximum Gasteiger partial charge on any atom is 0.305 e. The first-order valence-electron chi connectivity index (χ1n) is 8.81. The van der Waals surface area contributed by atoms with Gasteiger partial charge in [-0.15, -0.1) is 0 Å². The standard InChI is InChI=1S/C17H33NO3/c1-21-17(20)12-8-5-3-2-4-7-11-16(19)15-18-13-9-6-10-14-18/h16,19H,2-15H2,1H3/p+1/t16-/m1/s1. The average Bonchev–Trinajstić information content (AvgIpc) is 2.50. The molecular formula is C17H34NO3+. The van der Waals surface area contributed by atoms with Crippen LogP contribution in [0.1, 0.15) is 70.6 Å². The van der Waals surface area contributed by atoms with E-state index in [9.17, 15) is 9.90 Å². The monoisotopic (exact) mass is 300 g/mol. The number of esters is 1. The molecule has 0 radical (unpaired) electrons. The number of nitrogens with one attached hydrogen (secondary N) is 1. The van der Waals surface area contributed by atoms with Crippen molar-refractivity contribution < 1.29 is 19.5 Å². The molecular weight excluding hydrogens is 266 g/mol. The number of aliphatic hydroxyl groups excluding tert-OH is 1. The van der Waals surface area contributed by atoms with Crippen molar-refractivity contribution in [2.24, 2.45) is 0 Å². The van der Waals surface area contributed by atoms with Crippen molar-refractivity contribution in [3.8, 4) is 0 Å². The Balaban J connectivity index is 1.85. The molecule has 0 amide bonds. The van der Waals surface area contributed by atoms with Crippen LogP contribution in [0.15, 0.2) is 0 Å². The van der Waals surface area contributed by atoms with Crippen LogP contribution in [0, 0.1) is 0 Å². The fourth-order valence-corrected chi connectivity index (χ4v) is 3.15. The molecule has 0 aliphatic carbocycles. The van der Waals surface area contributed by atoms with Crippen LogP contribution in [0.4, 0.5) is 0 Å². The number of piperidine rings is 1. The number of rotatable bonds is 11. The molecule has 21 heavy (non-hydrogen) atoms. The van der Waals surface area contributed by atoms with Gasteiger partial charge in [-0.1, -0.05) is 32.1 Å². The largest absolute Gasteiger partial charge is 0.469 e. The third-order valence-corrected chi connectivity index (χ3v) is 4.48. The van der Waals surface area contributed by atoms with Gasteiger partial charge in [-0.05, 0) is 32.1 Å². The van der Waals surface area contributed by atoms with Crippen LogP contribution in [-0.2, 0) is 9.53 Å². The second-order valence-electron chi connectivity index (χ2n) is 6.40. The average molecular weight is 300 g/mol. The van der Waals surface area contributed by atoms with Crippen molar-refractivity contribution in [3.63, 3.8) is 0 Å². The molecule has 0 unspecified atom stereocenters. The van der Waals surface area contributed by atoms with E-state index in [4.69, 9.17) is 0 Å². The summed E-state index contributed by atoms with van der Waals surface area (Å²) in [5, 5.41) is 10.1. The zero-order chi connectivity index (χ0) is 15.3. The molecule has 0 saturated carbocycles. The van der Waals surface area contributed by atoms with Crippen LogP contribution in [-0.4, -0.2) is 43.9 Å². The molecule has 0 aromatic heterocycles. The highest BCUT2D eigenvalue weighted by Crippen LogP contribution is 2.10. The van der Waals surface area contributed by atoms with Gasteiger partial charge in [0, 0.05) is 6.42 Å². The third-order valence-electron chi connectivity index (χ3n) is 4.48. The number of methoxy groups -OCH3 is 1. The molecule has 0 spiro atoms. The van der Waals surface area contributed by atoms with E-state index in [1.807, 2.05) is 0 Å². The van der Waals surface area contributed by atoms with Crippen molar-refractivity contribution in [2.75, 3.05) is 26.7 Å². The lowest BCUT2D eigenvalue weighted by molar-refractivity contribution is -0.908. The topological polar surface area (TPSA) is 51.0 Å². The number of quaternary nitrogens is 1. The maximum atomic E-state index is 10.9. The Morgan fingerprint density at radius 2 is 1.67 bits per heavy atom. The van der Waals surface area contributed by atoms with E-state index in [1.54, 1.807) is 4.90 Å². The van der Waals surface area contributed by atoms with Gasteiger partial charge in [0.2, 0.25) is 0 Å². The first kappa shape index (κ1) is 18.4. The van der Waals surface area contributed by atoms with Crippen molar-refractivity contribution >= 4 is 5.97 Å². The number of aliphatic hydroxyl groups is 1. The second-order valence-corrected chi connectivity index (χ2v) is 6.40. The van der Waals surface area contributed by atoms with E-state index >= 15 is 0 Å². The van der Waals surface area contributed by atoms with E-state index in [0.29, 0.717) is 6.42 Å². The predicted molar refractivity (Wildman–Crippen MR) is 84.4 cm³/mol. The fourth-order valence-electron chi connectivity index (χ4n) is 3.15. The summed E-state index contributed by atoms with van der Waals surface area (Å²) in [7, 11) is 1.44. The minimum Gasteiger partial charge on any atom is -0.469 e. The molecule has 2 N–H and O–H groups in total. The number of likely N-dealkylation sites (tertiary alicyclic amines) is 1. The minimum atomic E-state index is -0.113. The summed E-state index contributed by atoms with van der Waals surface area (Å²) in [5.41, 5.74) is 0. The van der Waals surface area contributed by atoms with Crippen molar-refractivity contribution in [3.05, 3.63) is 0 Å². The Bertz CT molecular complexity index is 265. The molecule has 1 aliphatic rings. The van der Waals surface area contributed by atoms with Gasteiger partial charge in [0.1, 0.15) is 12.6 Å². The molecule has 4 heteroatoms. The summed E-state index contributed by atoms with van der Waals surface area (Å²) in [4.78, 5) is 12.5. The van der Waals surface area contributed by atoms with Crippen molar-refractivity contribution in [2.45, 2.75) is 76.7 Å². The predicted octanol–water partition coefficient (Wildman–Crippen LogP) is 1.71. The van der Waals surface area contributed by atoms with Gasteiger partial charge in [-0.25, -0.2) is 0 Å². The number of carbonyl (C=O) groups excluding carboxylic acids is 1. The first-order chi connectivity index (χ1) is 10.2. The SMILES string of the molecule is COC(=O)CCCCCCCC[C@@H](O)C[NH+]1CCCCC1. The highest BCUT2D eigenvalue weighted by molar-refractivity contribution is 5.68. The van der Waals surface area contributed by atoms with Crippen LogP contribution in [0.5, 0.6) is 0 Å². The number of hydrogen-bond acceptors (Lipinski definition) is 3. The summed E-state index contributed by atoms with van der Waals surface area (Å²) < 4.78 is 4.62. The molecule has 1 atom stereocenters. The van der Waals surface area contributed by atoms with Gasteiger partial charge in [-0.3, -0.25) is 4.79 Å². The molecule has 124 valence electrons. The van der Waals surface area contributed by atoms with Crippen molar-refractivity contribution in [1.29, 1.82) is 0 Å². The van der Waals surface area contributed by atoms with Gasteiger partial charge < -0.3 is 14.7 Å². The smallest absolute Gasteiger partial charge is 0.305 e. The second kappa shape index (κ2) is 12.0. The molecule has 0 aromatic rings. The van der Waals surface area contributed by atoms with Crippen LogP contribution < -0.4 is 4.90 Å². The number of carbonyl (C=O) groups is 1. The van der Waals surface area contributed by atoms with Crippen molar-refractivity contribution in [1.82, 2.24) is 0 Å². The zero-order valence-electron chi connectivity index (χ0n) is 13.7. The van der Waals surface area contributed by atoms with Crippen LogP contribution in [0.2, 0.25) is 0 Å². The minimum absolute atomic E-state index is 0.0988. The summed E-state index contributed by atoms with van der Waals surface area (Å²) in [5.74, 6) is -0.0988. The van der Waals surface area contributed by atoms with Gasteiger partial charge in [0.25, 0.3) is 0 Å². The van der Waals surface area contributed by atoms with Gasteiger partial charge in [-0.2, -0.15) is 0 Å². The quantitative estimate of drug-likeness (QED) is 0.451. The summed E-state index contributed by atoms with van der Waals surface area (Å²) in [6, 6.07) is 0. The molecule has 4 nitrogen and oxygen atoms in total. The van der Waals surface area contributed by atoms with Gasteiger partial charge >= 0.3 is 5.97 Å². The first-order valence-corrected chi connectivity index (χ1v) is 8.81. The lowest BCUT2D eigenvalue weighted by atomic mass is 10.0. The van der Waals surface area contributed by atoms with Gasteiger partial charge in [0.15, 0.2) is 0 Å². The van der Waals surface area contributed by atoms with Crippen LogP contribution >= 0.6 is 0 Å². The van der Waals surface area contributed by atoms with E-state index in [2.05, 4.69) is 4.74 Å². The Labute approximate surface area is 129 Å². The molecule has 0 bridgehead atoms. The van der Waals surface area contributed by atoms with Crippen LogP contribution in [0.25, 0.3) is 0 Å². The molecule has 1 fully saturated rings. The van der Waals surface area contributed by atoms with E-state index in [0.717, 1.165) is 32.2 Å². The Morgan fingerprint density at radius 3 is 2.33 bits per heavy atom. The Hall–Kier alpha value is -0.610. The van der Waals surface area contributed by atoms with E-state index in [-0.39, 0.29) is 12.1 Å².